The average molecular weight is 379 g/mol. The molecule has 0 aromatic heterocycles. The van der Waals surface area contributed by atoms with Gasteiger partial charge >= 0.3 is 5.97 Å². The second-order valence-electron chi connectivity index (χ2n) is 4.98. The number of carbonyl (C=O) groups excluding carboxylic acids is 1. The molecule has 0 fully saturated rings. The van der Waals surface area contributed by atoms with Crippen molar-refractivity contribution in [3.63, 3.8) is 0 Å². The molecular formula is C13H19BrN2O4S. The number of hydrogen-bond acceptors (Lipinski definition) is 5. The van der Waals surface area contributed by atoms with Gasteiger partial charge in [-0.25, -0.2) is 8.42 Å². The fourth-order valence-electron chi connectivity index (χ4n) is 1.77. The van der Waals surface area contributed by atoms with Crippen molar-refractivity contribution in [1.82, 2.24) is 4.72 Å². The Morgan fingerprint density at radius 2 is 1.95 bits per heavy atom. The van der Waals surface area contributed by atoms with Gasteiger partial charge in [0, 0.05) is 10.2 Å². The van der Waals surface area contributed by atoms with E-state index in [1.807, 2.05) is 0 Å². The first-order chi connectivity index (χ1) is 9.60. The van der Waals surface area contributed by atoms with Crippen LogP contribution in [0.25, 0.3) is 0 Å². The maximum Gasteiger partial charge on any atom is 0.324 e. The molecule has 21 heavy (non-hydrogen) atoms. The minimum atomic E-state index is -3.90. The molecule has 1 rings (SSSR count). The molecule has 0 saturated carbocycles. The zero-order valence-corrected chi connectivity index (χ0v) is 14.7. The number of halogens is 1. The van der Waals surface area contributed by atoms with Crippen molar-refractivity contribution in [3.8, 4) is 0 Å². The third-order valence-corrected chi connectivity index (χ3v) is 5.08. The van der Waals surface area contributed by atoms with Crippen LogP contribution in [0, 0.1) is 12.8 Å². The molecule has 0 aliphatic carbocycles. The summed E-state index contributed by atoms with van der Waals surface area (Å²) >= 11 is 3.21. The third kappa shape index (κ3) is 4.18. The molecular weight excluding hydrogens is 360 g/mol. The van der Waals surface area contributed by atoms with E-state index in [9.17, 15) is 13.2 Å². The Morgan fingerprint density at radius 3 is 2.43 bits per heavy atom. The second kappa shape index (κ2) is 6.76. The summed E-state index contributed by atoms with van der Waals surface area (Å²) < 4.78 is 32.6. The van der Waals surface area contributed by atoms with Crippen molar-refractivity contribution in [1.29, 1.82) is 0 Å². The average Bonchev–Trinajstić information content (AvgIpc) is 2.38. The summed E-state index contributed by atoms with van der Waals surface area (Å²) in [6.07, 6.45) is 0. The molecule has 0 aliphatic rings. The number of rotatable bonds is 5. The van der Waals surface area contributed by atoms with Crippen molar-refractivity contribution in [2.45, 2.75) is 31.7 Å². The number of sulfonamides is 1. The number of nitrogens with one attached hydrogen (secondary N) is 1. The Kier molecular flexibility index (Phi) is 5.77. The van der Waals surface area contributed by atoms with Gasteiger partial charge in [-0.1, -0.05) is 29.8 Å². The summed E-state index contributed by atoms with van der Waals surface area (Å²) in [4.78, 5) is 11.7. The van der Waals surface area contributed by atoms with Gasteiger partial charge in [-0.05, 0) is 30.5 Å². The van der Waals surface area contributed by atoms with Crippen LogP contribution in [0.4, 0.5) is 5.69 Å². The summed E-state index contributed by atoms with van der Waals surface area (Å²) in [6.45, 7) is 5.07. The van der Waals surface area contributed by atoms with Gasteiger partial charge in [0.05, 0.1) is 12.0 Å². The number of nitrogen functional groups attached to an aromatic ring is 1. The van der Waals surface area contributed by atoms with Gasteiger partial charge in [0.25, 0.3) is 0 Å². The van der Waals surface area contributed by atoms with Gasteiger partial charge in [-0.3, -0.25) is 4.79 Å². The lowest BCUT2D eigenvalue weighted by molar-refractivity contribution is -0.143. The number of carbonyl (C=O) groups is 1. The van der Waals surface area contributed by atoms with E-state index in [-0.39, 0.29) is 10.8 Å². The summed E-state index contributed by atoms with van der Waals surface area (Å²) in [5.41, 5.74) is 6.56. The summed E-state index contributed by atoms with van der Waals surface area (Å²) in [5.74, 6) is -0.883. The quantitative estimate of drug-likeness (QED) is 0.601. The Balaban J connectivity index is 3.26. The predicted molar refractivity (Wildman–Crippen MR) is 84.3 cm³/mol. The van der Waals surface area contributed by atoms with E-state index in [2.05, 4.69) is 25.4 Å². The minimum Gasteiger partial charge on any atom is -0.468 e. The number of ether oxygens (including phenoxy) is 1. The second-order valence-corrected chi connectivity index (χ2v) is 7.58. The molecule has 6 nitrogen and oxygen atoms in total. The molecule has 8 heteroatoms. The summed E-state index contributed by atoms with van der Waals surface area (Å²) in [5, 5.41) is 0. The first kappa shape index (κ1) is 17.9. The normalized spacial score (nSPS) is 13.2. The van der Waals surface area contributed by atoms with Crippen LogP contribution in [-0.2, 0) is 19.6 Å². The lowest BCUT2D eigenvalue weighted by Crippen LogP contribution is -2.45. The molecule has 0 amide bonds. The van der Waals surface area contributed by atoms with Gasteiger partial charge in [0.1, 0.15) is 6.04 Å². The van der Waals surface area contributed by atoms with Crippen LogP contribution >= 0.6 is 15.9 Å². The maximum atomic E-state index is 12.5. The van der Waals surface area contributed by atoms with Gasteiger partial charge in [-0.2, -0.15) is 4.72 Å². The van der Waals surface area contributed by atoms with Crippen LogP contribution in [0.5, 0.6) is 0 Å². The van der Waals surface area contributed by atoms with Crippen molar-refractivity contribution < 1.29 is 17.9 Å². The van der Waals surface area contributed by atoms with Gasteiger partial charge in [0.15, 0.2) is 0 Å². The molecule has 118 valence electrons. The van der Waals surface area contributed by atoms with E-state index in [0.29, 0.717) is 15.7 Å². The van der Waals surface area contributed by atoms with E-state index in [1.54, 1.807) is 26.8 Å². The van der Waals surface area contributed by atoms with E-state index in [4.69, 9.17) is 5.73 Å². The van der Waals surface area contributed by atoms with E-state index in [1.165, 1.54) is 13.2 Å². The monoisotopic (exact) mass is 378 g/mol. The number of hydrogen-bond donors (Lipinski definition) is 2. The van der Waals surface area contributed by atoms with Crippen LogP contribution in [0.15, 0.2) is 21.5 Å². The molecule has 3 N–H and O–H groups in total. The first-order valence-corrected chi connectivity index (χ1v) is 8.53. The molecule has 1 aromatic rings. The zero-order chi connectivity index (χ0) is 16.4. The molecule has 0 aliphatic heterocycles. The largest absolute Gasteiger partial charge is 0.468 e. The molecule has 1 aromatic carbocycles. The van der Waals surface area contributed by atoms with Crippen LogP contribution in [0.1, 0.15) is 19.4 Å². The molecule has 0 bridgehead atoms. The van der Waals surface area contributed by atoms with Crippen LogP contribution in [0.2, 0.25) is 0 Å². The highest BCUT2D eigenvalue weighted by atomic mass is 79.9. The Bertz CT molecular complexity index is 644. The SMILES string of the molecule is COC(=O)C(NS(=O)(=O)c1cc(Br)cc(N)c1C)C(C)C. The summed E-state index contributed by atoms with van der Waals surface area (Å²) in [7, 11) is -2.68. The highest BCUT2D eigenvalue weighted by Crippen LogP contribution is 2.26. The number of anilines is 1. The van der Waals surface area contributed by atoms with E-state index >= 15 is 0 Å². The van der Waals surface area contributed by atoms with Gasteiger partial charge in [-0.15, -0.1) is 0 Å². The van der Waals surface area contributed by atoms with E-state index < -0.39 is 22.0 Å². The fourth-order valence-corrected chi connectivity index (χ4v) is 4.03. The lowest BCUT2D eigenvalue weighted by atomic mass is 10.1. The van der Waals surface area contributed by atoms with Crippen molar-refractivity contribution in [3.05, 3.63) is 22.2 Å². The highest BCUT2D eigenvalue weighted by molar-refractivity contribution is 9.10. The van der Waals surface area contributed by atoms with Gasteiger partial charge < -0.3 is 10.5 Å². The maximum absolute atomic E-state index is 12.5. The van der Waals surface area contributed by atoms with Crippen molar-refractivity contribution >= 4 is 37.6 Å². The number of methoxy groups -OCH3 is 1. The molecule has 1 unspecified atom stereocenters. The third-order valence-electron chi connectivity index (χ3n) is 3.06. The van der Waals surface area contributed by atoms with Crippen molar-refractivity contribution in [2.75, 3.05) is 12.8 Å². The molecule has 1 atom stereocenters. The molecule has 0 saturated heterocycles. The number of benzene rings is 1. The zero-order valence-electron chi connectivity index (χ0n) is 12.3. The van der Waals surface area contributed by atoms with E-state index in [0.717, 1.165) is 0 Å². The van der Waals surface area contributed by atoms with Crippen molar-refractivity contribution in [2.24, 2.45) is 5.92 Å². The predicted octanol–water partition coefficient (Wildman–Crippen LogP) is 1.82. The molecule has 0 heterocycles. The molecule has 0 spiro atoms. The van der Waals surface area contributed by atoms with Gasteiger partial charge in [0.2, 0.25) is 10.0 Å². The van der Waals surface area contributed by atoms with Crippen LogP contribution in [0.3, 0.4) is 0 Å². The van der Waals surface area contributed by atoms with Crippen LogP contribution in [-0.4, -0.2) is 27.5 Å². The Morgan fingerprint density at radius 1 is 1.38 bits per heavy atom. The molecule has 0 radical (unpaired) electrons. The topological polar surface area (TPSA) is 98.5 Å². The Labute approximate surface area is 133 Å². The smallest absolute Gasteiger partial charge is 0.324 e. The fraction of sp³-hybridized carbons (Fsp3) is 0.462. The summed E-state index contributed by atoms with van der Waals surface area (Å²) in [6, 6.07) is 2.11. The highest BCUT2D eigenvalue weighted by Gasteiger charge is 2.30. The number of nitrogens with two attached hydrogens (primary N) is 1. The number of esters is 1. The minimum absolute atomic E-state index is 0.0314. The van der Waals surface area contributed by atoms with Crippen LogP contribution < -0.4 is 10.5 Å². The lowest BCUT2D eigenvalue weighted by Gasteiger charge is -2.20. The first-order valence-electron chi connectivity index (χ1n) is 6.26. The standard InChI is InChI=1S/C13H19BrN2O4S/c1-7(2)12(13(17)20-4)16-21(18,19)11-6-9(14)5-10(15)8(11)3/h5-7,12,16H,15H2,1-4H3. The Hall–Kier alpha value is -1.12.